The Morgan fingerprint density at radius 1 is 0.228 bits per heavy atom. The van der Waals surface area contributed by atoms with E-state index < -0.39 is 0 Å². The molecule has 0 N–H and O–H groups in total. The Morgan fingerprint density at radius 3 is 1.21 bits per heavy atom. The number of rotatable bonds is 9. The minimum absolute atomic E-state index is 0.106. The first-order valence-corrected chi connectivity index (χ1v) is 32.0. The van der Waals surface area contributed by atoms with E-state index in [4.69, 9.17) is 9.97 Å². The summed E-state index contributed by atoms with van der Waals surface area (Å²) >= 11 is 0. The van der Waals surface area contributed by atoms with E-state index in [1.807, 2.05) is 0 Å². The van der Waals surface area contributed by atoms with E-state index in [2.05, 4.69) is 340 Å². The molecule has 0 unspecified atom stereocenters. The van der Waals surface area contributed by atoms with Crippen LogP contribution in [-0.2, 0) is 10.8 Å². The van der Waals surface area contributed by atoms with Crippen molar-refractivity contribution in [2.45, 2.75) is 38.5 Å². The van der Waals surface area contributed by atoms with Crippen molar-refractivity contribution in [3.05, 3.63) is 326 Å². The molecule has 16 aromatic rings. The fraction of sp³-hybridized carbons (Fsp3) is 0.0682. The number of fused-ring (bicyclic) bond motifs is 12. The molecule has 92 heavy (non-hydrogen) atoms. The number of aromatic nitrogens is 4. The molecule has 13 aromatic carbocycles. The summed E-state index contributed by atoms with van der Waals surface area (Å²) in [6.45, 7) is 9.43. The second-order valence-corrected chi connectivity index (χ2v) is 26.1. The minimum Gasteiger partial charge on any atom is -0.309 e. The summed E-state index contributed by atoms with van der Waals surface area (Å²) in [4.78, 5) is 11.4. The highest BCUT2D eigenvalue weighted by molar-refractivity contribution is 6.11. The molecule has 0 aliphatic heterocycles. The summed E-state index contributed by atoms with van der Waals surface area (Å²) < 4.78 is 4.74. The van der Waals surface area contributed by atoms with Crippen molar-refractivity contribution in [1.29, 1.82) is 0 Å². The maximum Gasteiger partial charge on any atom is 0.235 e. The van der Waals surface area contributed by atoms with Gasteiger partial charge in [-0.15, -0.1) is 0 Å². The summed E-state index contributed by atoms with van der Waals surface area (Å²) in [7, 11) is 0. The summed E-state index contributed by atoms with van der Waals surface area (Å²) in [5.74, 6) is 0.600. The number of benzene rings is 13. The van der Waals surface area contributed by atoms with Crippen LogP contribution in [0.3, 0.4) is 0 Å². The standard InChI is InChI=1S/C88H62N4/c1-87(2)76-33-15-11-29-67(76)69-43-38-59(50-78(69)87)61-40-45-73-71-31-13-17-35-82(71)91(84(73)52-61)65-28-20-27-64(48-65)81-54-80(63-26-19-25-57(47-63)58-37-42-66(55-21-7-5-8-22-55)75(49-58)56-23-9-6-10-24-56)89-86(90-81)92-83-36-18-14-32-72(83)74-46-41-62(53-85(74)92)60-39-44-70-68-30-12-16-34-77(68)88(3,4)79(70)51-60/h5-54H,1-4H3. The molecular weight excluding hydrogens is 1110 g/mol. The van der Waals surface area contributed by atoms with Gasteiger partial charge < -0.3 is 4.57 Å². The number of para-hydroxylation sites is 2. The Hall–Kier alpha value is -11.5. The topological polar surface area (TPSA) is 35.6 Å². The molecule has 0 spiro atoms. The van der Waals surface area contributed by atoms with Gasteiger partial charge in [-0.05, 0) is 167 Å². The van der Waals surface area contributed by atoms with Crippen LogP contribution in [0.4, 0.5) is 0 Å². The van der Waals surface area contributed by atoms with Gasteiger partial charge in [-0.1, -0.05) is 264 Å². The third kappa shape index (κ3) is 8.37. The lowest BCUT2D eigenvalue weighted by Crippen LogP contribution is -2.14. The predicted molar refractivity (Wildman–Crippen MR) is 384 cm³/mol. The summed E-state index contributed by atoms with van der Waals surface area (Å²) in [6, 6.07) is 112. The average molecular weight is 1180 g/mol. The van der Waals surface area contributed by atoms with Crippen molar-refractivity contribution in [3.63, 3.8) is 0 Å². The smallest absolute Gasteiger partial charge is 0.235 e. The summed E-state index contributed by atoms with van der Waals surface area (Å²) in [5, 5.41) is 4.71. The van der Waals surface area contributed by atoms with E-state index in [-0.39, 0.29) is 10.8 Å². The van der Waals surface area contributed by atoms with Crippen molar-refractivity contribution in [3.8, 4) is 112 Å². The third-order valence-electron chi connectivity index (χ3n) is 20.2. The van der Waals surface area contributed by atoms with Crippen LogP contribution in [0.15, 0.2) is 303 Å². The molecule has 0 saturated carbocycles. The van der Waals surface area contributed by atoms with E-state index in [0.29, 0.717) is 5.95 Å². The fourth-order valence-corrected chi connectivity index (χ4v) is 15.5. The number of hydrogen-bond donors (Lipinski definition) is 0. The van der Waals surface area contributed by atoms with Crippen molar-refractivity contribution >= 4 is 43.6 Å². The van der Waals surface area contributed by atoms with Gasteiger partial charge in [0.25, 0.3) is 0 Å². The van der Waals surface area contributed by atoms with Gasteiger partial charge in [0.05, 0.1) is 33.5 Å². The maximum absolute atomic E-state index is 5.73. The molecule has 0 amide bonds. The van der Waals surface area contributed by atoms with Crippen LogP contribution >= 0.6 is 0 Å². The van der Waals surface area contributed by atoms with Gasteiger partial charge in [-0.3, -0.25) is 4.57 Å². The second kappa shape index (κ2) is 20.5. The fourth-order valence-electron chi connectivity index (χ4n) is 15.5. The molecule has 4 heteroatoms. The lowest BCUT2D eigenvalue weighted by atomic mass is 9.81. The van der Waals surface area contributed by atoms with Gasteiger partial charge in [0.15, 0.2) is 0 Å². The van der Waals surface area contributed by atoms with Gasteiger partial charge in [0, 0.05) is 49.2 Å². The van der Waals surface area contributed by atoms with Gasteiger partial charge in [-0.2, -0.15) is 0 Å². The molecule has 0 atom stereocenters. The van der Waals surface area contributed by atoms with Crippen molar-refractivity contribution in [2.75, 3.05) is 0 Å². The van der Waals surface area contributed by atoms with Crippen LogP contribution in [0.1, 0.15) is 49.9 Å². The van der Waals surface area contributed by atoms with E-state index in [1.165, 1.54) is 94.2 Å². The third-order valence-corrected chi connectivity index (χ3v) is 20.2. The summed E-state index contributed by atoms with van der Waals surface area (Å²) in [6.07, 6.45) is 0. The van der Waals surface area contributed by atoms with Gasteiger partial charge >= 0.3 is 0 Å². The van der Waals surface area contributed by atoms with Crippen molar-refractivity contribution in [2.24, 2.45) is 0 Å². The van der Waals surface area contributed by atoms with Crippen LogP contribution < -0.4 is 0 Å². The first kappa shape index (κ1) is 53.6. The lowest BCUT2D eigenvalue weighted by Gasteiger charge is -2.22. The molecule has 3 heterocycles. The highest BCUT2D eigenvalue weighted by atomic mass is 15.2. The SMILES string of the molecule is CC1(C)c2ccccc2-c2ccc(-c3ccc4c5ccccc5n(-c5cccc(-c6cc(-c7cccc(-c8ccc(-c9ccccc9)c(-c9ccccc9)c8)c7)nc(-n7c8ccccc8c8ccc(-c9ccc%10c(c9)C(C)(C)c9ccccc9-%10)cc87)n6)c5)c4c3)cc21. The molecule has 2 aliphatic carbocycles. The maximum atomic E-state index is 5.73. The first-order valence-electron chi connectivity index (χ1n) is 32.0. The molecule has 0 bridgehead atoms. The molecule has 4 nitrogen and oxygen atoms in total. The van der Waals surface area contributed by atoms with E-state index in [1.54, 1.807) is 0 Å². The zero-order chi connectivity index (χ0) is 61.4. The van der Waals surface area contributed by atoms with Crippen LogP contribution in [-0.4, -0.2) is 19.1 Å². The van der Waals surface area contributed by atoms with Crippen LogP contribution in [0.25, 0.3) is 156 Å². The predicted octanol–water partition coefficient (Wildman–Crippen LogP) is 23.0. The lowest BCUT2D eigenvalue weighted by molar-refractivity contribution is 0.660. The van der Waals surface area contributed by atoms with E-state index in [9.17, 15) is 0 Å². The molecule has 0 fully saturated rings. The average Bonchev–Trinajstić information content (AvgIpc) is 1.59. The Kier molecular flexibility index (Phi) is 12.0. The monoisotopic (exact) mass is 1170 g/mol. The Bertz CT molecular complexity index is 5700. The second-order valence-electron chi connectivity index (χ2n) is 26.1. The largest absolute Gasteiger partial charge is 0.309 e. The molecule has 0 radical (unpaired) electrons. The normalized spacial score (nSPS) is 13.4. The van der Waals surface area contributed by atoms with Crippen LogP contribution in [0, 0.1) is 0 Å². The van der Waals surface area contributed by atoms with E-state index in [0.717, 1.165) is 77.7 Å². The number of nitrogens with zero attached hydrogens (tertiary/aromatic N) is 4. The van der Waals surface area contributed by atoms with Crippen molar-refractivity contribution < 1.29 is 0 Å². The van der Waals surface area contributed by atoms with Crippen molar-refractivity contribution in [1.82, 2.24) is 19.1 Å². The highest BCUT2D eigenvalue weighted by Crippen LogP contribution is 2.52. The zero-order valence-corrected chi connectivity index (χ0v) is 51.7. The Labute approximate surface area is 535 Å². The van der Waals surface area contributed by atoms with Gasteiger partial charge in [-0.25, -0.2) is 9.97 Å². The van der Waals surface area contributed by atoms with Crippen LogP contribution in [0.2, 0.25) is 0 Å². The highest BCUT2D eigenvalue weighted by Gasteiger charge is 2.37. The molecule has 3 aromatic heterocycles. The molecule has 434 valence electrons. The summed E-state index contributed by atoms with van der Waals surface area (Å²) in [5.41, 5.74) is 31.3. The molecular formula is C88H62N4. The number of hydrogen-bond acceptors (Lipinski definition) is 2. The Morgan fingerprint density at radius 2 is 0.620 bits per heavy atom. The van der Waals surface area contributed by atoms with Gasteiger partial charge in [0.1, 0.15) is 0 Å². The quantitative estimate of drug-likeness (QED) is 0.144. The minimum atomic E-state index is -0.130. The Balaban J connectivity index is 0.814. The van der Waals surface area contributed by atoms with Gasteiger partial charge in [0.2, 0.25) is 5.95 Å². The van der Waals surface area contributed by atoms with Crippen LogP contribution in [0.5, 0.6) is 0 Å². The first-order chi connectivity index (χ1) is 45.1. The molecule has 0 saturated heterocycles. The zero-order valence-electron chi connectivity index (χ0n) is 51.7. The molecule has 18 rings (SSSR count). The molecule has 2 aliphatic rings. The van der Waals surface area contributed by atoms with E-state index >= 15 is 0 Å².